The standard InChI is InChI=1S/C21H24N6O4S2/c1-31-18-8-4-16(5-9-18)14-27-21(23-24-25-27)32-15-20(28)22-17-6-10-19(11-7-17)33(29,30)26-12-2-3-13-26/h4-11H,2-3,12-15H2,1H3,(H,22,28). The van der Waals surface area contributed by atoms with Gasteiger partial charge in [-0.05, 0) is 65.2 Å². The number of nitrogens with one attached hydrogen (secondary N) is 1. The Morgan fingerprint density at radius 2 is 1.79 bits per heavy atom. The highest BCUT2D eigenvalue weighted by atomic mass is 32.2. The number of hydrogen-bond acceptors (Lipinski definition) is 8. The molecule has 0 spiro atoms. The van der Waals surface area contributed by atoms with E-state index < -0.39 is 10.0 Å². The number of methoxy groups -OCH3 is 1. The van der Waals surface area contributed by atoms with Crippen molar-refractivity contribution < 1.29 is 17.9 Å². The van der Waals surface area contributed by atoms with Gasteiger partial charge >= 0.3 is 0 Å². The number of aromatic nitrogens is 4. The number of amides is 1. The summed E-state index contributed by atoms with van der Waals surface area (Å²) in [5.41, 5.74) is 1.53. The fraction of sp³-hybridized carbons (Fsp3) is 0.333. The molecule has 33 heavy (non-hydrogen) atoms. The van der Waals surface area contributed by atoms with Gasteiger partial charge in [-0.1, -0.05) is 23.9 Å². The molecule has 1 aromatic heterocycles. The van der Waals surface area contributed by atoms with E-state index in [-0.39, 0.29) is 16.6 Å². The van der Waals surface area contributed by atoms with Gasteiger partial charge in [0.2, 0.25) is 21.1 Å². The molecule has 1 saturated heterocycles. The predicted octanol–water partition coefficient (Wildman–Crippen LogP) is 2.25. The van der Waals surface area contributed by atoms with Gasteiger partial charge in [-0.15, -0.1) is 5.10 Å². The van der Waals surface area contributed by atoms with Crippen molar-refractivity contribution in [1.29, 1.82) is 0 Å². The Hall–Kier alpha value is -2.96. The third kappa shape index (κ3) is 5.70. The molecule has 3 aromatic rings. The molecule has 1 aliphatic heterocycles. The van der Waals surface area contributed by atoms with Crippen molar-refractivity contribution in [3.63, 3.8) is 0 Å². The van der Waals surface area contributed by atoms with E-state index in [9.17, 15) is 13.2 Å². The van der Waals surface area contributed by atoms with Crippen LogP contribution in [0.25, 0.3) is 0 Å². The lowest BCUT2D eigenvalue weighted by atomic mass is 10.2. The van der Waals surface area contributed by atoms with Crippen LogP contribution in [0.15, 0.2) is 58.6 Å². The van der Waals surface area contributed by atoms with Gasteiger partial charge in [0.25, 0.3) is 0 Å². The topological polar surface area (TPSA) is 119 Å². The second-order valence-electron chi connectivity index (χ2n) is 7.44. The maximum absolute atomic E-state index is 12.6. The Morgan fingerprint density at radius 1 is 1.09 bits per heavy atom. The second kappa shape index (κ2) is 10.3. The lowest BCUT2D eigenvalue weighted by Gasteiger charge is -2.15. The largest absolute Gasteiger partial charge is 0.497 e. The Labute approximate surface area is 196 Å². The summed E-state index contributed by atoms with van der Waals surface area (Å²) in [5, 5.41) is 15.0. The molecule has 10 nitrogen and oxygen atoms in total. The van der Waals surface area contributed by atoms with Gasteiger partial charge in [-0.3, -0.25) is 4.79 Å². The second-order valence-corrected chi connectivity index (χ2v) is 10.3. The summed E-state index contributed by atoms with van der Waals surface area (Å²) in [6.07, 6.45) is 1.77. The number of benzene rings is 2. The molecule has 0 radical (unpaired) electrons. The van der Waals surface area contributed by atoms with E-state index in [1.807, 2.05) is 24.3 Å². The number of thioether (sulfide) groups is 1. The molecule has 1 aliphatic rings. The molecule has 12 heteroatoms. The molecule has 0 unspecified atom stereocenters. The lowest BCUT2D eigenvalue weighted by Crippen LogP contribution is -2.27. The summed E-state index contributed by atoms with van der Waals surface area (Å²) in [5.74, 6) is 0.633. The molecule has 0 aliphatic carbocycles. The highest BCUT2D eigenvalue weighted by Gasteiger charge is 2.26. The van der Waals surface area contributed by atoms with Crippen LogP contribution < -0.4 is 10.1 Å². The zero-order valence-electron chi connectivity index (χ0n) is 18.0. The first-order valence-electron chi connectivity index (χ1n) is 10.4. The summed E-state index contributed by atoms with van der Waals surface area (Å²) in [7, 11) is -1.86. The van der Waals surface area contributed by atoms with E-state index in [0.717, 1.165) is 24.2 Å². The van der Waals surface area contributed by atoms with E-state index >= 15 is 0 Å². The molecular weight excluding hydrogens is 464 g/mol. The SMILES string of the molecule is COc1ccc(Cn2nnnc2SCC(=O)Nc2ccc(S(=O)(=O)N3CCCC3)cc2)cc1. The van der Waals surface area contributed by atoms with E-state index in [1.54, 1.807) is 23.9 Å². The normalized spacial score (nSPS) is 14.3. The van der Waals surface area contributed by atoms with E-state index in [1.165, 1.54) is 28.2 Å². The minimum Gasteiger partial charge on any atom is -0.497 e. The first kappa shape index (κ1) is 23.2. The fourth-order valence-corrected chi connectivity index (χ4v) is 5.61. The van der Waals surface area contributed by atoms with Crippen LogP contribution in [0, 0.1) is 0 Å². The maximum Gasteiger partial charge on any atom is 0.243 e. The molecule has 1 N–H and O–H groups in total. The molecule has 1 fully saturated rings. The van der Waals surface area contributed by atoms with Crippen molar-refractivity contribution in [3.8, 4) is 5.75 Å². The number of rotatable bonds is 9. The van der Waals surface area contributed by atoms with Crippen LogP contribution in [0.1, 0.15) is 18.4 Å². The van der Waals surface area contributed by atoms with Crippen molar-refractivity contribution in [1.82, 2.24) is 24.5 Å². The number of ether oxygens (including phenoxy) is 1. The van der Waals surface area contributed by atoms with Gasteiger partial charge in [0.1, 0.15) is 5.75 Å². The van der Waals surface area contributed by atoms with Crippen LogP contribution >= 0.6 is 11.8 Å². The average molecular weight is 489 g/mol. The van der Waals surface area contributed by atoms with Crippen molar-refractivity contribution in [2.75, 3.05) is 31.3 Å². The predicted molar refractivity (Wildman–Crippen MR) is 124 cm³/mol. The minimum absolute atomic E-state index is 0.108. The lowest BCUT2D eigenvalue weighted by molar-refractivity contribution is -0.113. The fourth-order valence-electron chi connectivity index (χ4n) is 3.42. The molecule has 4 rings (SSSR count). The van der Waals surface area contributed by atoms with Gasteiger partial charge in [0, 0.05) is 18.8 Å². The number of tetrazole rings is 1. The van der Waals surface area contributed by atoms with E-state index in [4.69, 9.17) is 4.74 Å². The Bertz CT molecular complexity index is 1190. The number of anilines is 1. The summed E-state index contributed by atoms with van der Waals surface area (Å²) >= 11 is 1.22. The van der Waals surface area contributed by atoms with Crippen LogP contribution in [0.5, 0.6) is 5.75 Å². The van der Waals surface area contributed by atoms with Gasteiger partial charge < -0.3 is 10.1 Å². The van der Waals surface area contributed by atoms with Crippen molar-refractivity contribution >= 4 is 33.4 Å². The first-order chi connectivity index (χ1) is 16.0. The monoisotopic (exact) mass is 488 g/mol. The van der Waals surface area contributed by atoms with E-state index in [2.05, 4.69) is 20.8 Å². The average Bonchev–Trinajstić information content (AvgIpc) is 3.51. The molecule has 2 aromatic carbocycles. The van der Waals surface area contributed by atoms with Crippen molar-refractivity contribution in [2.45, 2.75) is 29.4 Å². The van der Waals surface area contributed by atoms with Crippen molar-refractivity contribution in [2.24, 2.45) is 0 Å². The quantitative estimate of drug-likeness (QED) is 0.456. The third-order valence-corrected chi connectivity index (χ3v) is 8.03. The minimum atomic E-state index is -3.47. The zero-order valence-corrected chi connectivity index (χ0v) is 19.7. The van der Waals surface area contributed by atoms with Gasteiger partial charge in [-0.25, -0.2) is 13.1 Å². The first-order valence-corrected chi connectivity index (χ1v) is 12.8. The highest BCUT2D eigenvalue weighted by molar-refractivity contribution is 7.99. The summed E-state index contributed by atoms with van der Waals surface area (Å²) in [4.78, 5) is 12.6. The summed E-state index contributed by atoms with van der Waals surface area (Å²) in [6, 6.07) is 13.8. The van der Waals surface area contributed by atoms with Crippen molar-refractivity contribution in [3.05, 3.63) is 54.1 Å². The van der Waals surface area contributed by atoms with Crippen LogP contribution in [0.3, 0.4) is 0 Å². The number of sulfonamides is 1. The summed E-state index contributed by atoms with van der Waals surface area (Å²) < 4.78 is 33.5. The summed E-state index contributed by atoms with van der Waals surface area (Å²) in [6.45, 7) is 1.57. The van der Waals surface area contributed by atoms with Crippen LogP contribution in [0.4, 0.5) is 5.69 Å². The molecular formula is C21H24N6O4S2. The Morgan fingerprint density at radius 3 is 2.45 bits per heavy atom. The third-order valence-electron chi connectivity index (χ3n) is 5.16. The van der Waals surface area contributed by atoms with Gasteiger partial charge in [-0.2, -0.15) is 4.31 Å². The molecule has 174 valence electrons. The molecule has 0 saturated carbocycles. The molecule has 0 atom stereocenters. The number of nitrogens with zero attached hydrogens (tertiary/aromatic N) is 5. The Balaban J connectivity index is 1.31. The molecule has 2 heterocycles. The van der Waals surface area contributed by atoms with Gasteiger partial charge in [0.05, 0.1) is 24.3 Å². The van der Waals surface area contributed by atoms with Crippen LogP contribution in [0.2, 0.25) is 0 Å². The highest BCUT2D eigenvalue weighted by Crippen LogP contribution is 2.23. The number of carbonyl (C=O) groups excluding carboxylic acids is 1. The molecule has 0 bridgehead atoms. The van der Waals surface area contributed by atoms with Crippen LogP contribution in [-0.2, 0) is 21.4 Å². The van der Waals surface area contributed by atoms with Gasteiger partial charge in [0.15, 0.2) is 0 Å². The maximum atomic E-state index is 12.6. The number of carbonyl (C=O) groups is 1. The zero-order chi connectivity index (χ0) is 23.3. The van der Waals surface area contributed by atoms with E-state index in [0.29, 0.717) is 30.5 Å². The smallest absolute Gasteiger partial charge is 0.243 e. The van der Waals surface area contributed by atoms with Crippen LogP contribution in [-0.4, -0.2) is 64.8 Å². The number of hydrogen-bond donors (Lipinski definition) is 1. The molecule has 1 amide bonds. The Kier molecular flexibility index (Phi) is 7.26.